The Kier molecular flexibility index (Phi) is 3.50. The van der Waals surface area contributed by atoms with Gasteiger partial charge in [-0.15, -0.1) is 11.8 Å². The van der Waals surface area contributed by atoms with E-state index < -0.39 is 0 Å². The molecule has 0 aromatic carbocycles. The van der Waals surface area contributed by atoms with E-state index in [0.29, 0.717) is 0 Å². The van der Waals surface area contributed by atoms with Crippen molar-refractivity contribution < 1.29 is 4.79 Å². The molecular formula is C12H22N2OS. The molecule has 4 heteroatoms. The fraction of sp³-hybridized carbons (Fsp3) is 0.917. The summed E-state index contributed by atoms with van der Waals surface area (Å²) in [7, 11) is 0. The molecule has 2 fully saturated rings. The van der Waals surface area contributed by atoms with Crippen LogP contribution in [0.2, 0.25) is 0 Å². The van der Waals surface area contributed by atoms with E-state index in [4.69, 9.17) is 0 Å². The fourth-order valence-corrected chi connectivity index (χ4v) is 3.68. The monoisotopic (exact) mass is 242 g/mol. The summed E-state index contributed by atoms with van der Waals surface area (Å²) in [6.07, 6.45) is 4.28. The summed E-state index contributed by atoms with van der Waals surface area (Å²) in [4.78, 5) is 12.3. The summed E-state index contributed by atoms with van der Waals surface area (Å²) < 4.78 is -0.173. The van der Waals surface area contributed by atoms with Gasteiger partial charge in [0.05, 0.1) is 4.75 Å². The van der Waals surface area contributed by atoms with Crippen molar-refractivity contribution in [1.29, 1.82) is 0 Å². The van der Waals surface area contributed by atoms with Gasteiger partial charge in [-0.1, -0.05) is 0 Å². The Labute approximate surface area is 102 Å². The maximum absolute atomic E-state index is 12.3. The standard InChI is InChI=1S/C12H22N2OS/c1-11(5-7-13-8-6-11)14-10(15)12(2)4-3-9-16-12/h13H,3-9H2,1-2H3,(H,14,15). The molecule has 3 nitrogen and oxygen atoms in total. The van der Waals surface area contributed by atoms with Crippen LogP contribution < -0.4 is 10.6 Å². The van der Waals surface area contributed by atoms with Crippen LogP contribution in [0.1, 0.15) is 39.5 Å². The summed E-state index contributed by atoms with van der Waals surface area (Å²) >= 11 is 1.81. The van der Waals surface area contributed by atoms with Crippen LogP contribution in [0.25, 0.3) is 0 Å². The molecule has 0 bridgehead atoms. The van der Waals surface area contributed by atoms with Crippen molar-refractivity contribution in [2.24, 2.45) is 0 Å². The van der Waals surface area contributed by atoms with Gasteiger partial charge in [-0.05, 0) is 58.4 Å². The summed E-state index contributed by atoms with van der Waals surface area (Å²) in [6.45, 7) is 6.29. The zero-order chi connectivity index (χ0) is 11.6. The molecule has 0 spiro atoms. The average molecular weight is 242 g/mol. The van der Waals surface area contributed by atoms with Crippen molar-refractivity contribution in [2.45, 2.75) is 49.8 Å². The number of thioether (sulfide) groups is 1. The number of piperidine rings is 1. The lowest BCUT2D eigenvalue weighted by atomic mass is 9.89. The first-order valence-electron chi connectivity index (χ1n) is 6.21. The molecule has 2 heterocycles. The van der Waals surface area contributed by atoms with E-state index in [9.17, 15) is 4.79 Å². The van der Waals surface area contributed by atoms with E-state index in [0.717, 1.165) is 38.1 Å². The Morgan fingerprint density at radius 2 is 1.94 bits per heavy atom. The minimum absolute atomic E-state index is 0.00843. The van der Waals surface area contributed by atoms with Crippen molar-refractivity contribution in [3.8, 4) is 0 Å². The molecular weight excluding hydrogens is 220 g/mol. The second-order valence-electron chi connectivity index (χ2n) is 5.45. The minimum Gasteiger partial charge on any atom is -0.350 e. The first-order chi connectivity index (χ1) is 7.54. The molecule has 2 N–H and O–H groups in total. The molecule has 0 saturated carbocycles. The molecule has 0 aromatic heterocycles. The highest BCUT2D eigenvalue weighted by Crippen LogP contribution is 2.38. The second-order valence-corrected chi connectivity index (χ2v) is 7.05. The number of hydrogen-bond acceptors (Lipinski definition) is 3. The van der Waals surface area contributed by atoms with Crippen LogP contribution in [0.5, 0.6) is 0 Å². The Bertz CT molecular complexity index is 268. The van der Waals surface area contributed by atoms with Gasteiger partial charge in [0.25, 0.3) is 0 Å². The maximum Gasteiger partial charge on any atom is 0.236 e. The minimum atomic E-state index is -0.173. The molecule has 1 atom stereocenters. The third-order valence-corrected chi connectivity index (χ3v) is 5.34. The van der Waals surface area contributed by atoms with Crippen LogP contribution in [-0.4, -0.2) is 35.0 Å². The Morgan fingerprint density at radius 3 is 2.50 bits per heavy atom. The van der Waals surface area contributed by atoms with Gasteiger partial charge in [-0.2, -0.15) is 0 Å². The lowest BCUT2D eigenvalue weighted by Crippen LogP contribution is -2.56. The van der Waals surface area contributed by atoms with E-state index in [1.165, 1.54) is 6.42 Å². The van der Waals surface area contributed by atoms with Crippen LogP contribution in [-0.2, 0) is 4.79 Å². The molecule has 2 saturated heterocycles. The molecule has 2 rings (SSSR count). The largest absolute Gasteiger partial charge is 0.350 e. The number of carbonyl (C=O) groups excluding carboxylic acids is 1. The smallest absolute Gasteiger partial charge is 0.236 e. The summed E-state index contributed by atoms with van der Waals surface area (Å²) in [6, 6.07) is 0. The van der Waals surface area contributed by atoms with Gasteiger partial charge in [-0.3, -0.25) is 4.79 Å². The van der Waals surface area contributed by atoms with Crippen molar-refractivity contribution in [3.63, 3.8) is 0 Å². The molecule has 0 aliphatic carbocycles. The van der Waals surface area contributed by atoms with Gasteiger partial charge in [0.2, 0.25) is 5.91 Å². The lowest BCUT2D eigenvalue weighted by molar-refractivity contribution is -0.125. The molecule has 0 aromatic rings. The topological polar surface area (TPSA) is 41.1 Å². The molecule has 1 amide bonds. The average Bonchev–Trinajstić information content (AvgIpc) is 2.67. The Hall–Kier alpha value is -0.220. The highest BCUT2D eigenvalue weighted by molar-refractivity contribution is 8.01. The number of rotatable bonds is 2. The zero-order valence-electron chi connectivity index (χ0n) is 10.3. The molecule has 2 aliphatic rings. The maximum atomic E-state index is 12.3. The molecule has 1 unspecified atom stereocenters. The lowest BCUT2D eigenvalue weighted by Gasteiger charge is -2.37. The van der Waals surface area contributed by atoms with Gasteiger partial charge in [-0.25, -0.2) is 0 Å². The summed E-state index contributed by atoms with van der Waals surface area (Å²) in [5.41, 5.74) is 0.00843. The van der Waals surface area contributed by atoms with Gasteiger partial charge in [0.1, 0.15) is 0 Å². The van der Waals surface area contributed by atoms with Gasteiger partial charge >= 0.3 is 0 Å². The zero-order valence-corrected chi connectivity index (χ0v) is 11.1. The first-order valence-corrected chi connectivity index (χ1v) is 7.20. The van der Waals surface area contributed by atoms with Gasteiger partial charge in [0, 0.05) is 5.54 Å². The molecule has 2 aliphatic heterocycles. The molecule has 92 valence electrons. The SMILES string of the molecule is CC1(NC(=O)C2(C)CCCS2)CCNCC1. The van der Waals surface area contributed by atoms with Crippen LogP contribution in [0.4, 0.5) is 0 Å². The van der Waals surface area contributed by atoms with Crippen molar-refractivity contribution in [3.05, 3.63) is 0 Å². The van der Waals surface area contributed by atoms with Crippen molar-refractivity contribution in [2.75, 3.05) is 18.8 Å². The number of amides is 1. The van der Waals surface area contributed by atoms with E-state index >= 15 is 0 Å². The normalized spacial score (nSPS) is 33.6. The molecule has 16 heavy (non-hydrogen) atoms. The quantitative estimate of drug-likeness (QED) is 0.771. The van der Waals surface area contributed by atoms with E-state index in [2.05, 4.69) is 24.5 Å². The summed E-state index contributed by atoms with van der Waals surface area (Å²) in [5.74, 6) is 1.38. The van der Waals surface area contributed by atoms with Crippen LogP contribution in [0.15, 0.2) is 0 Å². The third-order valence-electron chi connectivity index (χ3n) is 3.82. The Balaban J connectivity index is 1.95. The highest BCUT2D eigenvalue weighted by Gasteiger charge is 2.40. The van der Waals surface area contributed by atoms with Gasteiger partial charge < -0.3 is 10.6 Å². The third kappa shape index (κ3) is 2.54. The van der Waals surface area contributed by atoms with Crippen molar-refractivity contribution >= 4 is 17.7 Å². The molecule has 0 radical (unpaired) electrons. The Morgan fingerprint density at radius 1 is 1.25 bits per heavy atom. The predicted molar refractivity (Wildman–Crippen MR) is 68.7 cm³/mol. The van der Waals surface area contributed by atoms with Crippen LogP contribution in [0.3, 0.4) is 0 Å². The number of nitrogens with one attached hydrogen (secondary N) is 2. The van der Waals surface area contributed by atoms with E-state index in [-0.39, 0.29) is 16.2 Å². The fourth-order valence-electron chi connectivity index (χ4n) is 2.47. The van der Waals surface area contributed by atoms with Crippen molar-refractivity contribution in [1.82, 2.24) is 10.6 Å². The van der Waals surface area contributed by atoms with Crippen LogP contribution in [0, 0.1) is 0 Å². The number of carbonyl (C=O) groups is 1. The first kappa shape index (κ1) is 12.2. The summed E-state index contributed by atoms with van der Waals surface area (Å²) in [5, 5.41) is 6.61. The van der Waals surface area contributed by atoms with E-state index in [1.807, 2.05) is 11.8 Å². The van der Waals surface area contributed by atoms with Crippen LogP contribution >= 0.6 is 11.8 Å². The van der Waals surface area contributed by atoms with E-state index in [1.54, 1.807) is 0 Å². The van der Waals surface area contributed by atoms with Gasteiger partial charge in [0.15, 0.2) is 0 Å². The number of hydrogen-bond donors (Lipinski definition) is 2. The second kappa shape index (κ2) is 4.57. The predicted octanol–water partition coefficient (Wildman–Crippen LogP) is 1.53. The highest BCUT2D eigenvalue weighted by atomic mass is 32.2.